The molecule has 0 bridgehead atoms. The van der Waals surface area contributed by atoms with Crippen molar-refractivity contribution in [3.05, 3.63) is 77.8 Å². The van der Waals surface area contributed by atoms with Gasteiger partial charge in [0.05, 0.1) is 12.7 Å². The van der Waals surface area contributed by atoms with E-state index in [0.717, 1.165) is 23.0 Å². The van der Waals surface area contributed by atoms with Crippen LogP contribution >= 0.6 is 0 Å². The number of furan rings is 1. The molecule has 1 aromatic carbocycles. The molecule has 0 radical (unpaired) electrons. The van der Waals surface area contributed by atoms with Crippen molar-refractivity contribution in [2.75, 3.05) is 0 Å². The van der Waals surface area contributed by atoms with E-state index in [9.17, 15) is 4.39 Å². The van der Waals surface area contributed by atoms with Gasteiger partial charge in [-0.25, -0.2) is 4.39 Å². The van der Waals surface area contributed by atoms with Crippen LogP contribution in [-0.2, 0) is 13.1 Å². The SMILES string of the molecule is CC1CC1c1ccc(CNCc2ccc(Oc3cccnc3)c(F)c2)o1. The van der Waals surface area contributed by atoms with E-state index in [1.165, 1.54) is 12.5 Å². The molecule has 0 saturated heterocycles. The van der Waals surface area contributed by atoms with E-state index in [1.54, 1.807) is 30.6 Å². The molecule has 1 N–H and O–H groups in total. The predicted molar refractivity (Wildman–Crippen MR) is 96.5 cm³/mol. The van der Waals surface area contributed by atoms with Crippen LogP contribution in [0, 0.1) is 11.7 Å². The summed E-state index contributed by atoms with van der Waals surface area (Å²) in [5, 5.41) is 3.29. The normalized spacial score (nSPS) is 18.7. The Hall–Kier alpha value is -2.66. The quantitative estimate of drug-likeness (QED) is 0.649. The van der Waals surface area contributed by atoms with Gasteiger partial charge in [-0.3, -0.25) is 4.98 Å². The smallest absolute Gasteiger partial charge is 0.166 e. The van der Waals surface area contributed by atoms with E-state index in [4.69, 9.17) is 9.15 Å². The molecule has 2 aromatic heterocycles. The first kappa shape index (κ1) is 16.8. The van der Waals surface area contributed by atoms with Crippen LogP contribution in [0.2, 0.25) is 0 Å². The van der Waals surface area contributed by atoms with Gasteiger partial charge in [-0.1, -0.05) is 13.0 Å². The lowest BCUT2D eigenvalue weighted by atomic mass is 10.2. The standard InChI is InChI=1S/C21H21FN2O2/c1-14-9-18(14)20-7-5-17(25-20)13-24-11-15-4-6-21(19(22)10-15)26-16-3-2-8-23-12-16/h2-8,10,12,14,18,24H,9,11,13H2,1H3. The van der Waals surface area contributed by atoms with E-state index in [0.29, 0.717) is 24.8 Å². The average Bonchev–Trinajstić information content (AvgIpc) is 3.19. The molecular weight excluding hydrogens is 331 g/mol. The van der Waals surface area contributed by atoms with Gasteiger partial charge in [-0.05, 0) is 54.3 Å². The molecule has 0 amide bonds. The van der Waals surface area contributed by atoms with Gasteiger partial charge in [0.25, 0.3) is 0 Å². The minimum absolute atomic E-state index is 0.191. The number of rotatable bonds is 7. The first-order chi connectivity index (χ1) is 12.7. The largest absolute Gasteiger partial charge is 0.464 e. The average molecular weight is 352 g/mol. The van der Waals surface area contributed by atoms with E-state index in [1.807, 2.05) is 12.1 Å². The Bertz CT molecular complexity index is 879. The van der Waals surface area contributed by atoms with E-state index >= 15 is 0 Å². The van der Waals surface area contributed by atoms with Crippen molar-refractivity contribution in [2.45, 2.75) is 32.4 Å². The molecule has 1 saturated carbocycles. The molecule has 1 aliphatic rings. The predicted octanol–water partition coefficient (Wildman–Crippen LogP) is 5.02. The van der Waals surface area contributed by atoms with Crippen molar-refractivity contribution in [1.29, 1.82) is 0 Å². The molecule has 0 spiro atoms. The van der Waals surface area contributed by atoms with Crippen molar-refractivity contribution in [1.82, 2.24) is 10.3 Å². The minimum Gasteiger partial charge on any atom is -0.464 e. The number of nitrogens with one attached hydrogen (secondary N) is 1. The van der Waals surface area contributed by atoms with Crippen LogP contribution in [0.25, 0.3) is 0 Å². The monoisotopic (exact) mass is 352 g/mol. The van der Waals surface area contributed by atoms with Gasteiger partial charge in [-0.15, -0.1) is 0 Å². The lowest BCUT2D eigenvalue weighted by Gasteiger charge is -2.08. The Kier molecular flexibility index (Phi) is 4.71. The number of benzene rings is 1. The molecule has 4 rings (SSSR count). The molecule has 5 heteroatoms. The Morgan fingerprint density at radius 2 is 2.12 bits per heavy atom. The molecule has 2 heterocycles. The van der Waals surface area contributed by atoms with Crippen molar-refractivity contribution < 1.29 is 13.5 Å². The highest BCUT2D eigenvalue weighted by molar-refractivity contribution is 5.33. The van der Waals surface area contributed by atoms with Gasteiger partial charge in [-0.2, -0.15) is 0 Å². The fourth-order valence-electron chi connectivity index (χ4n) is 3.01. The van der Waals surface area contributed by atoms with Crippen LogP contribution in [0.4, 0.5) is 4.39 Å². The second-order valence-corrected chi connectivity index (χ2v) is 6.78. The van der Waals surface area contributed by atoms with Crippen LogP contribution in [0.3, 0.4) is 0 Å². The zero-order valence-electron chi connectivity index (χ0n) is 14.6. The molecular formula is C21H21FN2O2. The zero-order chi connectivity index (χ0) is 17.9. The third-order valence-corrected chi connectivity index (χ3v) is 4.64. The molecule has 2 atom stereocenters. The summed E-state index contributed by atoms with van der Waals surface area (Å²) in [4.78, 5) is 3.95. The fraction of sp³-hybridized carbons (Fsp3) is 0.286. The summed E-state index contributed by atoms with van der Waals surface area (Å²) < 4.78 is 25.6. The lowest BCUT2D eigenvalue weighted by Crippen LogP contribution is -2.12. The number of halogens is 1. The molecule has 3 aromatic rings. The summed E-state index contributed by atoms with van der Waals surface area (Å²) in [5.74, 6) is 3.62. The van der Waals surface area contributed by atoms with Gasteiger partial charge < -0.3 is 14.5 Å². The molecule has 1 fully saturated rings. The van der Waals surface area contributed by atoms with Crippen LogP contribution in [0.5, 0.6) is 11.5 Å². The number of nitrogens with zero attached hydrogens (tertiary/aromatic N) is 1. The Morgan fingerprint density at radius 3 is 2.85 bits per heavy atom. The molecule has 4 nitrogen and oxygen atoms in total. The van der Waals surface area contributed by atoms with Crippen LogP contribution < -0.4 is 10.1 Å². The maximum atomic E-state index is 14.2. The highest BCUT2D eigenvalue weighted by atomic mass is 19.1. The fourth-order valence-corrected chi connectivity index (χ4v) is 3.01. The van der Waals surface area contributed by atoms with Crippen molar-refractivity contribution in [3.8, 4) is 11.5 Å². The summed E-state index contributed by atoms with van der Waals surface area (Å²) in [6.07, 6.45) is 4.41. The topological polar surface area (TPSA) is 47.3 Å². The molecule has 26 heavy (non-hydrogen) atoms. The van der Waals surface area contributed by atoms with E-state index < -0.39 is 5.82 Å². The first-order valence-corrected chi connectivity index (χ1v) is 8.84. The third kappa shape index (κ3) is 3.94. The Labute approximate surface area is 152 Å². The number of hydrogen-bond donors (Lipinski definition) is 1. The van der Waals surface area contributed by atoms with Crippen LogP contribution in [0.1, 0.15) is 36.3 Å². The van der Waals surface area contributed by atoms with Crippen molar-refractivity contribution in [2.24, 2.45) is 5.92 Å². The van der Waals surface area contributed by atoms with Gasteiger partial charge in [0.2, 0.25) is 0 Å². The summed E-state index contributed by atoms with van der Waals surface area (Å²) in [6.45, 7) is 3.41. The number of aromatic nitrogens is 1. The lowest BCUT2D eigenvalue weighted by molar-refractivity contribution is 0.437. The highest BCUT2D eigenvalue weighted by Gasteiger charge is 2.36. The minimum atomic E-state index is -0.392. The second-order valence-electron chi connectivity index (χ2n) is 6.78. The number of pyridine rings is 1. The van der Waals surface area contributed by atoms with E-state index in [-0.39, 0.29) is 5.75 Å². The summed E-state index contributed by atoms with van der Waals surface area (Å²) in [7, 11) is 0. The Balaban J connectivity index is 1.31. The van der Waals surface area contributed by atoms with Gasteiger partial charge >= 0.3 is 0 Å². The molecule has 134 valence electrons. The maximum absolute atomic E-state index is 14.2. The summed E-state index contributed by atoms with van der Waals surface area (Å²) in [5.41, 5.74) is 0.851. The summed E-state index contributed by atoms with van der Waals surface area (Å²) >= 11 is 0. The molecule has 2 unspecified atom stereocenters. The summed E-state index contributed by atoms with van der Waals surface area (Å²) in [6, 6.07) is 12.5. The van der Waals surface area contributed by atoms with Gasteiger partial charge in [0, 0.05) is 18.7 Å². The molecule has 0 aliphatic heterocycles. The van der Waals surface area contributed by atoms with Gasteiger partial charge in [0.15, 0.2) is 11.6 Å². The van der Waals surface area contributed by atoms with E-state index in [2.05, 4.69) is 23.3 Å². The van der Waals surface area contributed by atoms with Crippen LogP contribution in [-0.4, -0.2) is 4.98 Å². The first-order valence-electron chi connectivity index (χ1n) is 8.84. The highest BCUT2D eigenvalue weighted by Crippen LogP contribution is 2.47. The third-order valence-electron chi connectivity index (χ3n) is 4.64. The zero-order valence-corrected chi connectivity index (χ0v) is 14.6. The van der Waals surface area contributed by atoms with Crippen molar-refractivity contribution in [3.63, 3.8) is 0 Å². The molecule has 1 aliphatic carbocycles. The number of ether oxygens (including phenoxy) is 1. The number of hydrogen-bond acceptors (Lipinski definition) is 4. The van der Waals surface area contributed by atoms with Crippen LogP contribution in [0.15, 0.2) is 59.3 Å². The second kappa shape index (κ2) is 7.30. The Morgan fingerprint density at radius 1 is 1.23 bits per heavy atom. The maximum Gasteiger partial charge on any atom is 0.166 e. The van der Waals surface area contributed by atoms with Gasteiger partial charge in [0.1, 0.15) is 17.3 Å². The van der Waals surface area contributed by atoms with Crippen molar-refractivity contribution >= 4 is 0 Å².